The molecule has 1 amide bonds. The van der Waals surface area contributed by atoms with E-state index in [0.29, 0.717) is 0 Å². The van der Waals surface area contributed by atoms with Crippen LogP contribution in [0, 0.1) is 0 Å². The summed E-state index contributed by atoms with van der Waals surface area (Å²) in [6.45, 7) is 6.26. The van der Waals surface area contributed by atoms with Crippen molar-refractivity contribution in [2.24, 2.45) is 0 Å². The third-order valence-electron chi connectivity index (χ3n) is 6.51. The molecule has 35 heavy (non-hydrogen) atoms. The summed E-state index contributed by atoms with van der Waals surface area (Å²) in [6.07, 6.45) is 11.4. The summed E-state index contributed by atoms with van der Waals surface area (Å²) in [6, 6.07) is 23.2. The highest BCUT2D eigenvalue weighted by Gasteiger charge is 2.19. The van der Waals surface area contributed by atoms with Gasteiger partial charge >= 0.3 is 0 Å². The second-order valence-electron chi connectivity index (χ2n) is 9.04. The van der Waals surface area contributed by atoms with Crippen LogP contribution in [0.3, 0.4) is 0 Å². The molecule has 0 radical (unpaired) electrons. The fourth-order valence-corrected chi connectivity index (χ4v) is 4.55. The Hall–Kier alpha value is -3.44. The number of hydrogen-bond donors (Lipinski definition) is 1. The van der Waals surface area contributed by atoms with Crippen LogP contribution >= 0.6 is 0 Å². The van der Waals surface area contributed by atoms with Gasteiger partial charge in [0.05, 0.1) is 0 Å². The number of nitrogens with zero attached hydrogens (tertiary/aromatic N) is 3. The Balaban J connectivity index is 1.09. The smallest absolute Gasteiger partial charge is 0.243 e. The summed E-state index contributed by atoms with van der Waals surface area (Å²) >= 11 is 0. The van der Waals surface area contributed by atoms with Crippen molar-refractivity contribution in [2.75, 3.05) is 44.2 Å². The largest absolute Gasteiger partial charge is 0.368 e. The molecular weight excluding hydrogens is 432 g/mol. The van der Waals surface area contributed by atoms with Crippen LogP contribution < -0.4 is 10.2 Å². The van der Waals surface area contributed by atoms with Crippen LogP contribution in [-0.4, -0.2) is 55.1 Å². The molecule has 0 unspecified atom stereocenters. The summed E-state index contributed by atoms with van der Waals surface area (Å²) in [7, 11) is 0. The Morgan fingerprint density at radius 1 is 0.857 bits per heavy atom. The van der Waals surface area contributed by atoms with Gasteiger partial charge in [-0.2, -0.15) is 0 Å². The summed E-state index contributed by atoms with van der Waals surface area (Å²) in [5.41, 5.74) is 4.88. The van der Waals surface area contributed by atoms with Gasteiger partial charge in [0.2, 0.25) is 5.91 Å². The highest BCUT2D eigenvalue weighted by molar-refractivity contribution is 5.91. The molecule has 0 saturated carbocycles. The molecule has 2 heterocycles. The molecule has 1 aliphatic rings. The minimum Gasteiger partial charge on any atom is -0.368 e. The van der Waals surface area contributed by atoms with Gasteiger partial charge in [-0.3, -0.25) is 14.7 Å². The molecular formula is C30H36N4O. The molecule has 1 fully saturated rings. The number of pyridine rings is 1. The zero-order valence-corrected chi connectivity index (χ0v) is 20.5. The first kappa shape index (κ1) is 24.7. The predicted octanol–water partition coefficient (Wildman–Crippen LogP) is 5.26. The lowest BCUT2D eigenvalue weighted by Crippen LogP contribution is -2.46. The van der Waals surface area contributed by atoms with Crippen LogP contribution in [0.5, 0.6) is 0 Å². The van der Waals surface area contributed by atoms with Crippen molar-refractivity contribution < 1.29 is 4.79 Å². The molecule has 1 aromatic heterocycles. The minimum atomic E-state index is -0.0411. The summed E-state index contributed by atoms with van der Waals surface area (Å²) in [5, 5.41) is 2.97. The zero-order valence-electron chi connectivity index (χ0n) is 20.5. The predicted molar refractivity (Wildman–Crippen MR) is 145 cm³/mol. The number of aromatic nitrogens is 1. The molecule has 5 nitrogen and oxygen atoms in total. The number of nitrogens with one attached hydrogen (secondary N) is 1. The van der Waals surface area contributed by atoms with E-state index < -0.39 is 0 Å². The van der Waals surface area contributed by atoms with Crippen LogP contribution in [0.2, 0.25) is 0 Å². The third kappa shape index (κ3) is 7.79. The van der Waals surface area contributed by atoms with Gasteiger partial charge in [0.15, 0.2) is 0 Å². The molecule has 182 valence electrons. The number of benzene rings is 2. The van der Waals surface area contributed by atoms with Gasteiger partial charge in [0.1, 0.15) is 0 Å². The number of carbonyl (C=O) groups is 1. The van der Waals surface area contributed by atoms with Crippen molar-refractivity contribution in [3.8, 4) is 11.1 Å². The van der Waals surface area contributed by atoms with Gasteiger partial charge < -0.3 is 10.2 Å². The Bertz CT molecular complexity index is 1060. The van der Waals surface area contributed by atoms with Crippen molar-refractivity contribution in [3.05, 3.63) is 90.8 Å². The molecule has 0 aliphatic carbocycles. The SMILES string of the molecule is O=C(C=Cc1cccnc1)NCCCCCCN1CCN(c2ccccc2-c2ccccc2)CC1. The topological polar surface area (TPSA) is 48.5 Å². The highest BCUT2D eigenvalue weighted by atomic mass is 16.1. The third-order valence-corrected chi connectivity index (χ3v) is 6.51. The van der Waals surface area contributed by atoms with E-state index in [-0.39, 0.29) is 5.91 Å². The number of hydrogen-bond acceptors (Lipinski definition) is 4. The fraction of sp³-hybridized carbons (Fsp3) is 0.333. The van der Waals surface area contributed by atoms with E-state index in [1.165, 1.54) is 29.7 Å². The van der Waals surface area contributed by atoms with Gasteiger partial charge in [0.25, 0.3) is 0 Å². The van der Waals surface area contributed by atoms with E-state index in [9.17, 15) is 4.79 Å². The maximum absolute atomic E-state index is 11.9. The maximum atomic E-state index is 11.9. The fourth-order valence-electron chi connectivity index (χ4n) is 4.55. The standard InChI is InChI=1S/C30H36N4O/c35-30(17-16-26-11-10-18-31-25-26)32-19-8-1-2-9-20-33-21-23-34(24-22-33)29-15-7-6-14-28(29)27-12-4-3-5-13-27/h3-7,10-18,25H,1-2,8-9,19-24H2,(H,32,35). The lowest BCUT2D eigenvalue weighted by atomic mass is 10.0. The molecule has 0 atom stereocenters. The maximum Gasteiger partial charge on any atom is 0.243 e. The van der Waals surface area contributed by atoms with Crippen molar-refractivity contribution >= 4 is 17.7 Å². The molecule has 0 bridgehead atoms. The first-order valence-corrected chi connectivity index (χ1v) is 12.8. The van der Waals surface area contributed by atoms with Crippen LogP contribution in [0.25, 0.3) is 17.2 Å². The average Bonchev–Trinajstić information content (AvgIpc) is 2.93. The van der Waals surface area contributed by atoms with Crippen LogP contribution in [-0.2, 0) is 4.79 Å². The monoisotopic (exact) mass is 468 g/mol. The number of carbonyl (C=O) groups excluding carboxylic acids is 1. The lowest BCUT2D eigenvalue weighted by molar-refractivity contribution is -0.116. The minimum absolute atomic E-state index is 0.0411. The van der Waals surface area contributed by atoms with Gasteiger partial charge in [0, 0.05) is 62.4 Å². The van der Waals surface area contributed by atoms with Crippen molar-refractivity contribution in [2.45, 2.75) is 25.7 Å². The second-order valence-corrected chi connectivity index (χ2v) is 9.04. The summed E-state index contributed by atoms with van der Waals surface area (Å²) < 4.78 is 0. The molecule has 2 aromatic carbocycles. The van der Waals surface area contributed by atoms with Crippen LogP contribution in [0.15, 0.2) is 85.2 Å². The number of para-hydroxylation sites is 1. The summed E-state index contributed by atoms with van der Waals surface area (Å²) in [5.74, 6) is -0.0411. The first-order valence-electron chi connectivity index (χ1n) is 12.8. The van der Waals surface area contributed by atoms with E-state index in [1.807, 2.05) is 12.1 Å². The number of rotatable bonds is 11. The Labute approximate surface area is 209 Å². The Kier molecular flexibility index (Phi) is 9.48. The molecule has 1 saturated heterocycles. The lowest BCUT2D eigenvalue weighted by Gasteiger charge is -2.37. The number of unbranched alkanes of at least 4 members (excludes halogenated alkanes) is 3. The van der Waals surface area contributed by atoms with E-state index in [0.717, 1.165) is 57.7 Å². The van der Waals surface area contributed by atoms with Gasteiger partial charge in [-0.05, 0) is 48.7 Å². The van der Waals surface area contributed by atoms with Crippen molar-refractivity contribution in [1.82, 2.24) is 15.2 Å². The van der Waals surface area contributed by atoms with Gasteiger partial charge in [-0.15, -0.1) is 0 Å². The van der Waals surface area contributed by atoms with E-state index in [1.54, 1.807) is 24.5 Å². The van der Waals surface area contributed by atoms with Crippen molar-refractivity contribution in [3.63, 3.8) is 0 Å². The van der Waals surface area contributed by atoms with Crippen LogP contribution in [0.1, 0.15) is 31.2 Å². The molecule has 0 spiro atoms. The quantitative estimate of drug-likeness (QED) is 0.308. The van der Waals surface area contributed by atoms with Crippen molar-refractivity contribution in [1.29, 1.82) is 0 Å². The molecule has 1 N–H and O–H groups in total. The Morgan fingerprint density at radius 3 is 2.43 bits per heavy atom. The Morgan fingerprint density at radius 2 is 1.63 bits per heavy atom. The first-order chi connectivity index (χ1) is 17.3. The van der Waals surface area contributed by atoms with E-state index in [4.69, 9.17) is 0 Å². The highest BCUT2D eigenvalue weighted by Crippen LogP contribution is 2.31. The molecule has 4 rings (SSSR count). The molecule has 5 heteroatoms. The van der Waals surface area contributed by atoms with Gasteiger partial charge in [-0.25, -0.2) is 0 Å². The normalized spacial score (nSPS) is 14.3. The number of amides is 1. The number of anilines is 1. The molecule has 3 aromatic rings. The van der Waals surface area contributed by atoms with Gasteiger partial charge in [-0.1, -0.05) is 67.4 Å². The summed E-state index contributed by atoms with van der Waals surface area (Å²) in [4.78, 5) is 21.1. The average molecular weight is 469 g/mol. The number of piperazine rings is 1. The van der Waals surface area contributed by atoms with Crippen LogP contribution in [0.4, 0.5) is 5.69 Å². The zero-order chi connectivity index (χ0) is 24.1. The van der Waals surface area contributed by atoms with E-state index in [2.05, 4.69) is 74.7 Å². The second kappa shape index (κ2) is 13.4. The molecule has 1 aliphatic heterocycles. The van der Waals surface area contributed by atoms with E-state index >= 15 is 0 Å².